The van der Waals surface area contributed by atoms with Crippen LogP contribution >= 0.6 is 0 Å². The molecule has 0 bridgehead atoms. The molecule has 1 aromatic carbocycles. The summed E-state index contributed by atoms with van der Waals surface area (Å²) in [4.78, 5) is 13.4. The topological polar surface area (TPSA) is 49.8 Å². The Bertz CT molecular complexity index is 649. The van der Waals surface area contributed by atoms with Gasteiger partial charge in [-0.3, -0.25) is 9.69 Å². The van der Waals surface area contributed by atoms with Crippen molar-refractivity contribution in [2.75, 3.05) is 13.1 Å². The van der Waals surface area contributed by atoms with Crippen LogP contribution in [-0.2, 0) is 11.3 Å². The smallest absolute Gasteiger partial charge is 0.481 e. The number of benzene rings is 1. The number of halogens is 4. The quantitative estimate of drug-likeness (QED) is 0.848. The fourth-order valence-electron chi connectivity index (χ4n) is 4.00. The van der Waals surface area contributed by atoms with E-state index in [0.717, 1.165) is 31.0 Å². The molecule has 2 fully saturated rings. The first kappa shape index (κ1) is 17.0. The van der Waals surface area contributed by atoms with Gasteiger partial charge in [-0.1, -0.05) is 12.5 Å². The predicted octanol–water partition coefficient (Wildman–Crippen LogP) is 3.41. The molecule has 0 aromatic heterocycles. The standard InChI is InChI=1S/C16H17F4NO3/c17-12-4-1-5-13(24-16(18,19)20)11(12)8-21-7-10-3-2-6-15(10,9-21)14(22)23/h1,4-5,10H,2-3,6-9H2,(H,22,23)/t10-,15+/m0/s1. The second-order valence-electron chi connectivity index (χ2n) is 6.48. The summed E-state index contributed by atoms with van der Waals surface area (Å²) >= 11 is 0. The molecule has 1 aromatic rings. The molecule has 24 heavy (non-hydrogen) atoms. The van der Waals surface area contributed by atoms with E-state index in [1.165, 1.54) is 0 Å². The maximum atomic E-state index is 14.0. The minimum atomic E-state index is -4.91. The second-order valence-corrected chi connectivity index (χ2v) is 6.48. The van der Waals surface area contributed by atoms with Gasteiger partial charge in [-0.25, -0.2) is 4.39 Å². The van der Waals surface area contributed by atoms with E-state index >= 15 is 0 Å². The highest BCUT2D eigenvalue weighted by molar-refractivity contribution is 5.76. The summed E-state index contributed by atoms with van der Waals surface area (Å²) in [6.07, 6.45) is -2.77. The second kappa shape index (κ2) is 5.91. The molecule has 0 unspecified atom stereocenters. The van der Waals surface area contributed by atoms with Crippen molar-refractivity contribution < 1.29 is 32.2 Å². The summed E-state index contributed by atoms with van der Waals surface area (Å²) in [5.74, 6) is -2.30. The van der Waals surface area contributed by atoms with Gasteiger partial charge in [0.1, 0.15) is 11.6 Å². The normalized spacial score (nSPS) is 27.2. The van der Waals surface area contributed by atoms with E-state index in [4.69, 9.17) is 0 Å². The number of alkyl halides is 3. The van der Waals surface area contributed by atoms with Crippen LogP contribution in [0.25, 0.3) is 0 Å². The van der Waals surface area contributed by atoms with Crippen LogP contribution in [0.4, 0.5) is 17.6 Å². The van der Waals surface area contributed by atoms with Crippen LogP contribution in [0.2, 0.25) is 0 Å². The number of aliphatic carboxylic acids is 1. The van der Waals surface area contributed by atoms with Gasteiger partial charge in [0.2, 0.25) is 0 Å². The highest BCUT2D eigenvalue weighted by Crippen LogP contribution is 2.49. The van der Waals surface area contributed by atoms with Crippen molar-refractivity contribution in [2.45, 2.75) is 32.2 Å². The molecular formula is C16H17F4NO3. The van der Waals surface area contributed by atoms with Crippen molar-refractivity contribution in [2.24, 2.45) is 11.3 Å². The van der Waals surface area contributed by atoms with E-state index in [2.05, 4.69) is 4.74 Å². The molecule has 1 saturated heterocycles. The summed E-state index contributed by atoms with van der Waals surface area (Å²) in [5.41, 5.74) is -1.06. The Kier molecular flexibility index (Phi) is 4.19. The van der Waals surface area contributed by atoms with Crippen molar-refractivity contribution in [1.82, 2.24) is 4.90 Å². The van der Waals surface area contributed by atoms with E-state index in [1.807, 2.05) is 0 Å². The summed E-state index contributed by atoms with van der Waals surface area (Å²) in [5, 5.41) is 9.55. The number of ether oxygens (including phenoxy) is 1. The monoisotopic (exact) mass is 347 g/mol. The number of nitrogens with zero attached hydrogens (tertiary/aromatic N) is 1. The summed E-state index contributed by atoms with van der Waals surface area (Å²) in [6, 6.07) is 3.29. The molecule has 4 nitrogen and oxygen atoms in total. The Labute approximate surface area is 136 Å². The third-order valence-corrected chi connectivity index (χ3v) is 5.05. The summed E-state index contributed by atoms with van der Waals surface area (Å²) in [6.45, 7) is 0.544. The Morgan fingerprint density at radius 3 is 2.79 bits per heavy atom. The first-order valence-corrected chi connectivity index (χ1v) is 7.70. The average Bonchev–Trinajstić information content (AvgIpc) is 2.98. The van der Waals surface area contributed by atoms with Crippen LogP contribution in [0, 0.1) is 17.2 Å². The van der Waals surface area contributed by atoms with Crippen molar-refractivity contribution in [3.8, 4) is 5.75 Å². The largest absolute Gasteiger partial charge is 0.573 e. The number of rotatable bonds is 4. The van der Waals surface area contributed by atoms with E-state index in [0.29, 0.717) is 13.0 Å². The lowest BCUT2D eigenvalue weighted by atomic mass is 9.81. The third-order valence-electron chi connectivity index (χ3n) is 5.05. The number of carboxylic acid groups (broad SMARTS) is 1. The van der Waals surface area contributed by atoms with Gasteiger partial charge in [0.25, 0.3) is 0 Å². The molecule has 0 amide bonds. The molecule has 1 N–H and O–H groups in total. The number of hydrogen-bond donors (Lipinski definition) is 1. The predicted molar refractivity (Wildman–Crippen MR) is 75.8 cm³/mol. The van der Waals surface area contributed by atoms with Crippen LogP contribution in [0.5, 0.6) is 5.75 Å². The molecule has 0 spiro atoms. The molecule has 1 aliphatic heterocycles. The maximum absolute atomic E-state index is 14.0. The zero-order chi connectivity index (χ0) is 17.5. The van der Waals surface area contributed by atoms with Crippen molar-refractivity contribution in [3.63, 3.8) is 0 Å². The molecule has 1 saturated carbocycles. The maximum Gasteiger partial charge on any atom is 0.573 e. The van der Waals surface area contributed by atoms with E-state index < -0.39 is 29.3 Å². The van der Waals surface area contributed by atoms with Gasteiger partial charge in [0, 0.05) is 25.2 Å². The third kappa shape index (κ3) is 3.07. The zero-order valence-corrected chi connectivity index (χ0v) is 12.8. The van der Waals surface area contributed by atoms with Gasteiger partial charge in [-0.05, 0) is 30.9 Å². The Morgan fingerprint density at radius 1 is 1.42 bits per heavy atom. The van der Waals surface area contributed by atoms with E-state index in [1.54, 1.807) is 4.90 Å². The SMILES string of the molecule is O=C(O)[C@@]12CCC[C@H]1CN(Cc1c(F)cccc1OC(F)(F)F)C2. The minimum absolute atomic E-state index is 0.0474. The molecule has 2 aliphatic rings. The van der Waals surface area contributed by atoms with Gasteiger partial charge in [0.15, 0.2) is 0 Å². The van der Waals surface area contributed by atoms with Crippen LogP contribution in [0.15, 0.2) is 18.2 Å². The van der Waals surface area contributed by atoms with Gasteiger partial charge >= 0.3 is 12.3 Å². The van der Waals surface area contributed by atoms with Crippen LogP contribution in [0.1, 0.15) is 24.8 Å². The first-order chi connectivity index (χ1) is 11.2. The highest BCUT2D eigenvalue weighted by Gasteiger charge is 2.54. The van der Waals surface area contributed by atoms with Crippen molar-refractivity contribution >= 4 is 5.97 Å². The fraction of sp³-hybridized carbons (Fsp3) is 0.562. The van der Waals surface area contributed by atoms with Crippen LogP contribution < -0.4 is 4.74 Å². The Morgan fingerprint density at radius 2 is 2.17 bits per heavy atom. The van der Waals surface area contributed by atoms with E-state index in [9.17, 15) is 27.5 Å². The molecule has 3 rings (SSSR count). The lowest BCUT2D eigenvalue weighted by Crippen LogP contribution is -2.35. The summed E-state index contributed by atoms with van der Waals surface area (Å²) in [7, 11) is 0. The Balaban J connectivity index is 1.81. The van der Waals surface area contributed by atoms with Gasteiger partial charge in [-0.15, -0.1) is 13.2 Å². The number of carboxylic acids is 1. The fourth-order valence-corrected chi connectivity index (χ4v) is 4.00. The number of fused-ring (bicyclic) bond motifs is 1. The molecule has 1 aliphatic carbocycles. The molecule has 8 heteroatoms. The van der Waals surface area contributed by atoms with Crippen LogP contribution in [-0.4, -0.2) is 35.4 Å². The van der Waals surface area contributed by atoms with Crippen LogP contribution in [0.3, 0.4) is 0 Å². The molecule has 0 radical (unpaired) electrons. The molecule has 1 heterocycles. The zero-order valence-electron chi connectivity index (χ0n) is 12.8. The number of carbonyl (C=O) groups is 1. The van der Waals surface area contributed by atoms with E-state index in [-0.39, 0.29) is 24.6 Å². The lowest BCUT2D eigenvalue weighted by Gasteiger charge is -2.24. The van der Waals surface area contributed by atoms with Gasteiger partial charge < -0.3 is 9.84 Å². The molecule has 132 valence electrons. The summed E-state index contributed by atoms with van der Waals surface area (Å²) < 4.78 is 55.4. The minimum Gasteiger partial charge on any atom is -0.481 e. The number of likely N-dealkylation sites (tertiary alicyclic amines) is 1. The molecule has 2 atom stereocenters. The Hall–Kier alpha value is -1.83. The average molecular weight is 347 g/mol. The van der Waals surface area contributed by atoms with Crippen molar-refractivity contribution in [3.05, 3.63) is 29.6 Å². The van der Waals surface area contributed by atoms with Gasteiger partial charge in [0.05, 0.1) is 5.41 Å². The van der Waals surface area contributed by atoms with Crippen molar-refractivity contribution in [1.29, 1.82) is 0 Å². The molecular weight excluding hydrogens is 330 g/mol. The number of hydrogen-bond acceptors (Lipinski definition) is 3. The first-order valence-electron chi connectivity index (χ1n) is 7.70. The highest BCUT2D eigenvalue weighted by atomic mass is 19.4. The van der Waals surface area contributed by atoms with Gasteiger partial charge in [-0.2, -0.15) is 0 Å². The lowest BCUT2D eigenvalue weighted by molar-refractivity contribution is -0.275.